The maximum absolute atomic E-state index is 11.9. The van der Waals surface area contributed by atoms with E-state index in [1.807, 2.05) is 26.1 Å². The van der Waals surface area contributed by atoms with Crippen LogP contribution in [0.3, 0.4) is 0 Å². The molecule has 0 radical (unpaired) electrons. The molecule has 120 valence electrons. The maximum Gasteiger partial charge on any atom is 0.240 e. The fourth-order valence-electron chi connectivity index (χ4n) is 2.18. The highest BCUT2D eigenvalue weighted by molar-refractivity contribution is 7.89. The first-order chi connectivity index (χ1) is 10.3. The van der Waals surface area contributed by atoms with Gasteiger partial charge in [-0.1, -0.05) is 12.1 Å². The van der Waals surface area contributed by atoms with Crippen LogP contribution >= 0.6 is 11.3 Å². The van der Waals surface area contributed by atoms with Crippen molar-refractivity contribution in [1.29, 1.82) is 0 Å². The van der Waals surface area contributed by atoms with Crippen molar-refractivity contribution in [2.24, 2.45) is 0 Å². The van der Waals surface area contributed by atoms with Crippen molar-refractivity contribution < 1.29 is 8.42 Å². The number of hydrogen-bond donors (Lipinski definition) is 2. The summed E-state index contributed by atoms with van der Waals surface area (Å²) in [6, 6.07) is 7.10. The first-order valence-corrected chi connectivity index (χ1v) is 9.35. The Kier molecular flexibility index (Phi) is 5.33. The van der Waals surface area contributed by atoms with Gasteiger partial charge in [-0.25, -0.2) is 18.1 Å². The number of hydrogen-bond acceptors (Lipinski definition) is 5. The lowest BCUT2D eigenvalue weighted by molar-refractivity contribution is 0.492. The van der Waals surface area contributed by atoms with E-state index in [2.05, 4.69) is 21.9 Å². The summed E-state index contributed by atoms with van der Waals surface area (Å²) in [6.45, 7) is 6.11. The van der Waals surface area contributed by atoms with Gasteiger partial charge in [0.05, 0.1) is 10.9 Å². The van der Waals surface area contributed by atoms with Crippen molar-refractivity contribution in [3.8, 4) is 0 Å². The van der Waals surface area contributed by atoms with Crippen LogP contribution in [0.4, 0.5) is 0 Å². The molecule has 2 N–H and O–H groups in total. The Bertz CT molecular complexity index is 741. The Hall–Kier alpha value is -1.28. The number of aryl methyl sites for hydroxylation is 1. The van der Waals surface area contributed by atoms with E-state index < -0.39 is 10.0 Å². The van der Waals surface area contributed by atoms with Gasteiger partial charge in [0.15, 0.2) is 0 Å². The van der Waals surface area contributed by atoms with Crippen molar-refractivity contribution in [3.63, 3.8) is 0 Å². The molecule has 0 fully saturated rings. The van der Waals surface area contributed by atoms with Crippen molar-refractivity contribution in [2.45, 2.75) is 37.8 Å². The molecule has 2 aromatic rings. The summed E-state index contributed by atoms with van der Waals surface area (Å²) in [5.41, 5.74) is 0.927. The van der Waals surface area contributed by atoms with Crippen LogP contribution in [0.25, 0.3) is 0 Å². The predicted molar refractivity (Wildman–Crippen MR) is 89.5 cm³/mol. The molecule has 2 atom stereocenters. The average Bonchev–Trinajstić information content (AvgIpc) is 2.94. The van der Waals surface area contributed by atoms with E-state index in [9.17, 15) is 8.42 Å². The van der Waals surface area contributed by atoms with E-state index in [1.54, 1.807) is 29.5 Å². The number of aromatic nitrogens is 1. The minimum absolute atomic E-state index is 0.0196. The molecule has 0 spiro atoms. The van der Waals surface area contributed by atoms with Gasteiger partial charge in [0.25, 0.3) is 0 Å². The third-order valence-corrected chi connectivity index (χ3v) is 5.95. The second-order valence-electron chi connectivity index (χ2n) is 5.20. The van der Waals surface area contributed by atoms with Crippen LogP contribution in [0, 0.1) is 6.92 Å². The lowest BCUT2D eigenvalue weighted by Crippen LogP contribution is -2.23. The van der Waals surface area contributed by atoms with Gasteiger partial charge in [-0.15, -0.1) is 11.3 Å². The molecule has 0 saturated heterocycles. The Balaban J connectivity index is 2.16. The summed E-state index contributed by atoms with van der Waals surface area (Å²) >= 11 is 1.66. The third-order valence-electron chi connectivity index (χ3n) is 3.45. The molecule has 0 aliphatic heterocycles. The lowest BCUT2D eigenvalue weighted by Gasteiger charge is -2.19. The first kappa shape index (κ1) is 17.1. The van der Waals surface area contributed by atoms with Gasteiger partial charge in [-0.3, -0.25) is 0 Å². The van der Waals surface area contributed by atoms with Gasteiger partial charge >= 0.3 is 0 Å². The molecule has 0 saturated carbocycles. The molecule has 1 heterocycles. The zero-order valence-electron chi connectivity index (χ0n) is 13.1. The highest BCUT2D eigenvalue weighted by Gasteiger charge is 2.16. The highest BCUT2D eigenvalue weighted by atomic mass is 32.2. The molecule has 0 aliphatic carbocycles. The maximum atomic E-state index is 11.9. The monoisotopic (exact) mass is 339 g/mol. The lowest BCUT2D eigenvalue weighted by atomic mass is 10.1. The number of sulfonamides is 1. The molecular weight excluding hydrogens is 318 g/mol. The summed E-state index contributed by atoms with van der Waals surface area (Å²) in [6.07, 6.45) is 1.86. The largest absolute Gasteiger partial charge is 0.302 e. The van der Waals surface area contributed by atoms with Crippen LogP contribution in [0.1, 0.15) is 41.4 Å². The van der Waals surface area contributed by atoms with Crippen LogP contribution in [0.5, 0.6) is 0 Å². The molecular formula is C15H21N3O2S2. The van der Waals surface area contributed by atoms with Crippen molar-refractivity contribution >= 4 is 21.4 Å². The summed E-state index contributed by atoms with van der Waals surface area (Å²) in [5.74, 6) is 0. The molecule has 2 rings (SSSR count). The Labute approximate surface area is 135 Å². The van der Waals surface area contributed by atoms with Gasteiger partial charge in [-0.05, 0) is 45.5 Å². The Morgan fingerprint density at radius 1 is 1.23 bits per heavy atom. The van der Waals surface area contributed by atoms with E-state index in [4.69, 9.17) is 0 Å². The topological polar surface area (TPSA) is 71.1 Å². The third kappa shape index (κ3) is 3.92. The molecule has 0 amide bonds. The van der Waals surface area contributed by atoms with E-state index in [-0.39, 0.29) is 17.0 Å². The average molecular weight is 339 g/mol. The quantitative estimate of drug-likeness (QED) is 0.849. The Morgan fingerprint density at radius 2 is 1.95 bits per heavy atom. The zero-order chi connectivity index (χ0) is 16.3. The summed E-state index contributed by atoms with van der Waals surface area (Å²) < 4.78 is 26.1. The van der Waals surface area contributed by atoms with Crippen LogP contribution in [-0.2, 0) is 10.0 Å². The van der Waals surface area contributed by atoms with Crippen molar-refractivity contribution in [2.75, 3.05) is 7.05 Å². The number of rotatable bonds is 6. The minimum atomic E-state index is -3.42. The van der Waals surface area contributed by atoms with Gasteiger partial charge < -0.3 is 5.32 Å². The molecule has 1 aromatic carbocycles. The number of nitrogens with zero attached hydrogens (tertiary/aromatic N) is 1. The molecule has 1 aromatic heterocycles. The summed E-state index contributed by atoms with van der Waals surface area (Å²) in [5, 5.41) is 4.49. The van der Waals surface area contributed by atoms with Gasteiger partial charge in [0.1, 0.15) is 5.01 Å². The van der Waals surface area contributed by atoms with E-state index in [0.29, 0.717) is 0 Å². The van der Waals surface area contributed by atoms with Crippen LogP contribution in [0.2, 0.25) is 0 Å². The Morgan fingerprint density at radius 3 is 2.55 bits per heavy atom. The number of nitrogens with one attached hydrogen (secondary N) is 2. The summed E-state index contributed by atoms with van der Waals surface area (Å²) in [4.78, 5) is 5.84. The van der Waals surface area contributed by atoms with Gasteiger partial charge in [0.2, 0.25) is 10.0 Å². The van der Waals surface area contributed by atoms with Crippen LogP contribution < -0.4 is 10.0 Å². The summed E-state index contributed by atoms with van der Waals surface area (Å²) in [7, 11) is -2.01. The van der Waals surface area contributed by atoms with Crippen LogP contribution in [0.15, 0.2) is 35.4 Å². The van der Waals surface area contributed by atoms with Crippen molar-refractivity contribution in [1.82, 2.24) is 15.0 Å². The van der Waals surface area contributed by atoms with E-state index in [0.717, 1.165) is 10.6 Å². The highest BCUT2D eigenvalue weighted by Crippen LogP contribution is 2.24. The smallest absolute Gasteiger partial charge is 0.240 e. The fourth-order valence-corrected chi connectivity index (χ4v) is 3.75. The first-order valence-electron chi connectivity index (χ1n) is 7.05. The molecule has 0 aliphatic rings. The SMILES string of the molecule is CNS(=O)(=O)c1cccc([C@@H](C)N[C@@H](C)c2ncc(C)s2)c1. The second-order valence-corrected chi connectivity index (χ2v) is 8.35. The molecule has 0 bridgehead atoms. The minimum Gasteiger partial charge on any atom is -0.302 e. The van der Waals surface area contributed by atoms with E-state index >= 15 is 0 Å². The van der Waals surface area contributed by atoms with Gasteiger partial charge in [-0.2, -0.15) is 0 Å². The molecule has 22 heavy (non-hydrogen) atoms. The number of thiazole rings is 1. The van der Waals surface area contributed by atoms with Crippen molar-refractivity contribution in [3.05, 3.63) is 45.9 Å². The molecule has 7 heteroatoms. The number of benzene rings is 1. The standard InChI is InChI=1S/C15H21N3O2S2/c1-10-9-17-15(21-10)12(3)18-11(2)13-6-5-7-14(8-13)22(19,20)16-4/h5-9,11-12,16,18H,1-4H3/t11-,12+/m1/s1. The zero-order valence-corrected chi connectivity index (χ0v) is 14.8. The predicted octanol–water partition coefficient (Wildman–Crippen LogP) is 2.77. The molecule has 0 unspecified atom stereocenters. The van der Waals surface area contributed by atoms with Crippen LogP contribution in [-0.4, -0.2) is 20.4 Å². The molecule has 5 nitrogen and oxygen atoms in total. The van der Waals surface area contributed by atoms with E-state index in [1.165, 1.54) is 11.9 Å². The fraction of sp³-hybridized carbons (Fsp3) is 0.400. The second kappa shape index (κ2) is 6.87. The normalized spacial score (nSPS) is 14.7. The van der Waals surface area contributed by atoms with Gasteiger partial charge in [0, 0.05) is 17.1 Å².